The van der Waals surface area contributed by atoms with E-state index in [1.54, 1.807) is 0 Å². The first kappa shape index (κ1) is 18.1. The van der Waals surface area contributed by atoms with Crippen molar-refractivity contribution < 1.29 is 4.79 Å². The zero-order valence-corrected chi connectivity index (χ0v) is 15.1. The van der Waals surface area contributed by atoms with Gasteiger partial charge in [0.25, 0.3) is 5.91 Å². The van der Waals surface area contributed by atoms with Crippen LogP contribution in [0.1, 0.15) is 53.5 Å². The zero-order valence-electron chi connectivity index (χ0n) is 15.1. The van der Waals surface area contributed by atoms with Crippen LogP contribution < -0.4 is 5.73 Å². The van der Waals surface area contributed by atoms with Crippen molar-refractivity contribution in [1.29, 1.82) is 0 Å². The highest BCUT2D eigenvalue weighted by molar-refractivity contribution is 6.02. The molecular weight excluding hydrogens is 296 g/mol. The van der Waals surface area contributed by atoms with Crippen LogP contribution >= 0.6 is 0 Å². The summed E-state index contributed by atoms with van der Waals surface area (Å²) in [5.41, 5.74) is 11.8. The summed E-state index contributed by atoms with van der Waals surface area (Å²) in [4.78, 5) is 12.2. The fourth-order valence-corrected chi connectivity index (χ4v) is 3.31. The van der Waals surface area contributed by atoms with Gasteiger partial charge in [0.2, 0.25) is 0 Å². The lowest BCUT2D eigenvalue weighted by Gasteiger charge is -2.11. The Hall–Kier alpha value is -2.29. The number of nitrogens with two attached hydrogens (primary N) is 1. The molecule has 1 aromatic heterocycles. The van der Waals surface area contributed by atoms with E-state index in [-0.39, 0.29) is 5.91 Å². The second kappa shape index (κ2) is 8.00. The maximum atomic E-state index is 12.2. The van der Waals surface area contributed by atoms with Gasteiger partial charge in [-0.05, 0) is 32.3 Å². The predicted molar refractivity (Wildman–Crippen MR) is 101 cm³/mol. The monoisotopic (exact) mass is 324 g/mol. The van der Waals surface area contributed by atoms with Gasteiger partial charge in [-0.3, -0.25) is 4.79 Å². The summed E-state index contributed by atoms with van der Waals surface area (Å²) in [5.74, 6) is -0.359. The molecule has 24 heavy (non-hydrogen) atoms. The molecule has 0 fully saturated rings. The summed E-state index contributed by atoms with van der Waals surface area (Å²) < 4.78 is 2.19. The number of unbranched alkanes of at least 4 members (excludes halogenated alkanes) is 2. The van der Waals surface area contributed by atoms with Crippen LogP contribution in [0.4, 0.5) is 0 Å². The van der Waals surface area contributed by atoms with Crippen molar-refractivity contribution in [2.75, 3.05) is 0 Å². The molecule has 1 heterocycles. The number of rotatable bonds is 8. The molecule has 0 aliphatic rings. The highest BCUT2D eigenvalue weighted by Gasteiger charge is 2.23. The number of primary amides is 1. The molecule has 1 aromatic carbocycles. The molecule has 0 spiro atoms. The number of carbonyl (C=O) groups excluding carboxylic acids is 1. The Kier molecular flexibility index (Phi) is 6.02. The van der Waals surface area contributed by atoms with E-state index < -0.39 is 0 Å². The van der Waals surface area contributed by atoms with E-state index in [0.717, 1.165) is 29.7 Å². The fraction of sp³-hybridized carbons (Fsp3) is 0.381. The number of benzene rings is 1. The Morgan fingerprint density at radius 3 is 2.42 bits per heavy atom. The average Bonchev–Trinajstić information content (AvgIpc) is 2.82. The first-order valence-corrected chi connectivity index (χ1v) is 8.70. The summed E-state index contributed by atoms with van der Waals surface area (Å²) in [5, 5.41) is 0. The van der Waals surface area contributed by atoms with Crippen LogP contribution in [0, 0.1) is 13.8 Å². The van der Waals surface area contributed by atoms with Crippen molar-refractivity contribution in [3.05, 3.63) is 59.4 Å². The van der Waals surface area contributed by atoms with Gasteiger partial charge in [0.1, 0.15) is 0 Å². The van der Waals surface area contributed by atoms with Crippen LogP contribution in [-0.2, 0) is 13.0 Å². The number of aryl methyl sites for hydroxylation is 1. The third kappa shape index (κ3) is 3.61. The van der Waals surface area contributed by atoms with Gasteiger partial charge in [-0.25, -0.2) is 0 Å². The lowest BCUT2D eigenvalue weighted by molar-refractivity contribution is 0.1000. The highest BCUT2D eigenvalue weighted by atomic mass is 16.1. The predicted octanol–water partition coefficient (Wildman–Crippen LogP) is 4.79. The molecule has 0 saturated carbocycles. The third-order valence-electron chi connectivity index (χ3n) is 4.55. The molecule has 0 atom stereocenters. The molecule has 0 unspecified atom stereocenters. The molecule has 0 radical (unpaired) electrons. The second-order valence-corrected chi connectivity index (χ2v) is 6.37. The topological polar surface area (TPSA) is 48.0 Å². The Morgan fingerprint density at radius 2 is 1.88 bits per heavy atom. The fourth-order valence-electron chi connectivity index (χ4n) is 3.31. The van der Waals surface area contributed by atoms with Gasteiger partial charge in [0, 0.05) is 23.5 Å². The normalized spacial score (nSPS) is 10.8. The van der Waals surface area contributed by atoms with E-state index in [1.165, 1.54) is 24.1 Å². The molecule has 0 bridgehead atoms. The van der Waals surface area contributed by atoms with Gasteiger partial charge in [0.15, 0.2) is 0 Å². The highest BCUT2D eigenvalue weighted by Crippen LogP contribution is 2.34. The van der Waals surface area contributed by atoms with Crippen LogP contribution in [0.2, 0.25) is 0 Å². The molecule has 2 rings (SSSR count). The zero-order chi connectivity index (χ0) is 17.7. The molecule has 3 nitrogen and oxygen atoms in total. The quantitative estimate of drug-likeness (QED) is 0.551. The summed E-state index contributed by atoms with van der Waals surface area (Å²) >= 11 is 0. The van der Waals surface area contributed by atoms with E-state index in [1.807, 2.05) is 13.0 Å². The summed E-state index contributed by atoms with van der Waals surface area (Å²) in [7, 11) is 0. The smallest absolute Gasteiger partial charge is 0.251 e. The van der Waals surface area contributed by atoms with Crippen molar-refractivity contribution in [3.8, 4) is 11.1 Å². The number of hydrogen-bond acceptors (Lipinski definition) is 1. The van der Waals surface area contributed by atoms with Gasteiger partial charge < -0.3 is 10.3 Å². The van der Waals surface area contributed by atoms with Gasteiger partial charge in [-0.2, -0.15) is 0 Å². The van der Waals surface area contributed by atoms with E-state index >= 15 is 0 Å². The number of amides is 1. The minimum atomic E-state index is -0.359. The molecule has 2 N–H and O–H groups in total. The SMILES string of the molecule is C=CCn1c(C)c(C(N)=O)c(-c2ccc(C)cc2)c1CCCCC. The Balaban J connectivity index is 2.66. The summed E-state index contributed by atoms with van der Waals surface area (Å²) in [6, 6.07) is 8.32. The third-order valence-corrected chi connectivity index (χ3v) is 4.55. The largest absolute Gasteiger partial charge is 0.366 e. The number of hydrogen-bond donors (Lipinski definition) is 1. The first-order valence-electron chi connectivity index (χ1n) is 8.70. The van der Waals surface area contributed by atoms with Crippen molar-refractivity contribution in [3.63, 3.8) is 0 Å². The maximum Gasteiger partial charge on any atom is 0.251 e. The van der Waals surface area contributed by atoms with E-state index in [2.05, 4.69) is 49.3 Å². The lowest BCUT2D eigenvalue weighted by Crippen LogP contribution is -2.13. The lowest BCUT2D eigenvalue weighted by atomic mass is 9.96. The molecule has 2 aromatic rings. The Labute approximate surface area is 145 Å². The molecule has 0 aliphatic heterocycles. The van der Waals surface area contributed by atoms with Crippen LogP contribution in [0.15, 0.2) is 36.9 Å². The maximum absolute atomic E-state index is 12.2. The second-order valence-electron chi connectivity index (χ2n) is 6.37. The molecule has 128 valence electrons. The van der Waals surface area contributed by atoms with Crippen LogP contribution in [-0.4, -0.2) is 10.5 Å². The standard InChI is InChI=1S/C21H28N2O/c1-5-7-8-9-18-20(17-12-10-15(3)11-13-17)19(21(22)24)16(4)23(18)14-6-2/h6,10-13H,2,5,7-9,14H2,1,3-4H3,(H2,22,24). The van der Waals surface area contributed by atoms with Crippen LogP contribution in [0.5, 0.6) is 0 Å². The van der Waals surface area contributed by atoms with Gasteiger partial charge in [0.05, 0.1) is 5.56 Å². The van der Waals surface area contributed by atoms with Crippen molar-refractivity contribution in [1.82, 2.24) is 4.57 Å². The van der Waals surface area contributed by atoms with Crippen LogP contribution in [0.25, 0.3) is 11.1 Å². The Morgan fingerprint density at radius 1 is 1.21 bits per heavy atom. The van der Waals surface area contributed by atoms with Crippen LogP contribution in [0.3, 0.4) is 0 Å². The number of allylic oxidation sites excluding steroid dienone is 1. The van der Waals surface area contributed by atoms with Crippen molar-refractivity contribution >= 4 is 5.91 Å². The van der Waals surface area contributed by atoms with E-state index in [4.69, 9.17) is 5.73 Å². The van der Waals surface area contributed by atoms with E-state index in [9.17, 15) is 4.79 Å². The number of nitrogens with zero attached hydrogens (tertiary/aromatic N) is 1. The van der Waals surface area contributed by atoms with E-state index in [0.29, 0.717) is 12.1 Å². The number of carbonyl (C=O) groups is 1. The molecule has 3 heteroatoms. The minimum absolute atomic E-state index is 0.359. The Bertz CT molecular complexity index is 723. The molecule has 0 aliphatic carbocycles. The minimum Gasteiger partial charge on any atom is -0.366 e. The molecule has 1 amide bonds. The molecular formula is C21H28N2O. The summed E-state index contributed by atoms with van der Waals surface area (Å²) in [6.07, 6.45) is 6.27. The average molecular weight is 324 g/mol. The van der Waals surface area contributed by atoms with Crippen molar-refractivity contribution in [2.45, 2.75) is 53.0 Å². The van der Waals surface area contributed by atoms with Gasteiger partial charge in [-0.15, -0.1) is 6.58 Å². The van der Waals surface area contributed by atoms with Gasteiger partial charge >= 0.3 is 0 Å². The molecule has 0 saturated heterocycles. The number of aromatic nitrogens is 1. The first-order chi connectivity index (χ1) is 11.5. The van der Waals surface area contributed by atoms with Crippen molar-refractivity contribution in [2.24, 2.45) is 5.73 Å². The summed E-state index contributed by atoms with van der Waals surface area (Å²) in [6.45, 7) is 10.8. The van der Waals surface area contributed by atoms with Gasteiger partial charge in [-0.1, -0.05) is 55.7 Å².